The maximum absolute atomic E-state index is 11.4. The van der Waals surface area contributed by atoms with E-state index in [4.69, 9.17) is 0 Å². The predicted octanol–water partition coefficient (Wildman–Crippen LogP) is 1.35. The summed E-state index contributed by atoms with van der Waals surface area (Å²) in [4.78, 5) is 10.7. The summed E-state index contributed by atoms with van der Waals surface area (Å²) in [5.74, 6) is 0.283. The van der Waals surface area contributed by atoms with Crippen molar-refractivity contribution in [1.82, 2.24) is 4.57 Å². The number of hydrogen-bond donors (Lipinski definition) is 0. The van der Waals surface area contributed by atoms with Gasteiger partial charge in [0.2, 0.25) is 0 Å². The van der Waals surface area contributed by atoms with E-state index in [9.17, 15) is 13.2 Å². The highest BCUT2D eigenvalue weighted by Crippen LogP contribution is 2.13. The normalized spacial score (nSPS) is 11.7. The van der Waals surface area contributed by atoms with Crippen molar-refractivity contribution < 1.29 is 13.2 Å². The highest BCUT2D eigenvalue weighted by Gasteiger charge is 2.12. The first-order valence-corrected chi connectivity index (χ1v) is 7.05. The van der Waals surface area contributed by atoms with Gasteiger partial charge in [0, 0.05) is 29.2 Å². The van der Waals surface area contributed by atoms with Crippen LogP contribution in [-0.2, 0) is 16.4 Å². The van der Waals surface area contributed by atoms with Crippen LogP contribution < -0.4 is 0 Å². The number of rotatable bonds is 5. The van der Waals surface area contributed by atoms with Crippen molar-refractivity contribution in [2.24, 2.45) is 0 Å². The monoisotopic (exact) mass is 243 g/mol. The summed E-state index contributed by atoms with van der Waals surface area (Å²) in [6, 6.07) is 1.78. The molecule has 1 rings (SSSR count). The Hall–Kier alpha value is -1.10. The molecule has 0 atom stereocenters. The zero-order valence-electron chi connectivity index (χ0n) is 9.86. The minimum Gasteiger partial charge on any atom is -0.347 e. The lowest BCUT2D eigenvalue weighted by Gasteiger charge is -2.09. The first-order chi connectivity index (χ1) is 7.41. The van der Waals surface area contributed by atoms with Crippen LogP contribution in [0, 0.1) is 13.8 Å². The third-order valence-electron chi connectivity index (χ3n) is 2.81. The minimum atomic E-state index is -2.96. The van der Waals surface area contributed by atoms with Gasteiger partial charge in [-0.2, -0.15) is 0 Å². The van der Waals surface area contributed by atoms with Crippen molar-refractivity contribution in [3.63, 3.8) is 0 Å². The number of carbonyl (C=O) groups is 1. The number of sulfone groups is 1. The molecule has 0 amide bonds. The second-order valence-corrected chi connectivity index (χ2v) is 6.31. The summed E-state index contributed by atoms with van der Waals surface area (Å²) >= 11 is 0. The molecule has 0 N–H and O–H groups in total. The van der Waals surface area contributed by atoms with Gasteiger partial charge in [0.25, 0.3) is 0 Å². The molecule has 0 radical (unpaired) electrons. The molecule has 0 aliphatic heterocycles. The van der Waals surface area contributed by atoms with E-state index in [-0.39, 0.29) is 11.5 Å². The third-order valence-corrected chi connectivity index (χ3v) is 4.49. The lowest BCUT2D eigenvalue weighted by Crippen LogP contribution is -2.16. The molecule has 0 unspecified atom stereocenters. The quantitative estimate of drug-likeness (QED) is 0.734. The molecule has 0 spiro atoms. The van der Waals surface area contributed by atoms with Crippen LogP contribution in [-0.4, -0.2) is 30.8 Å². The van der Waals surface area contributed by atoms with E-state index in [1.165, 1.54) is 0 Å². The standard InChI is InChI=1S/C11H17NO3S/c1-4-16(14,15)6-5-12-9(2)7-11(8-13)10(12)3/h7-8H,4-6H2,1-3H3. The Kier molecular flexibility index (Phi) is 3.91. The lowest BCUT2D eigenvalue weighted by molar-refractivity contribution is 0.112. The molecule has 4 nitrogen and oxygen atoms in total. The molecule has 0 bridgehead atoms. The zero-order chi connectivity index (χ0) is 12.3. The van der Waals surface area contributed by atoms with E-state index in [0.717, 1.165) is 17.7 Å². The van der Waals surface area contributed by atoms with E-state index in [1.54, 1.807) is 13.0 Å². The van der Waals surface area contributed by atoms with E-state index < -0.39 is 9.84 Å². The second kappa shape index (κ2) is 4.82. The highest BCUT2D eigenvalue weighted by molar-refractivity contribution is 7.91. The molecule has 1 aromatic heterocycles. The van der Waals surface area contributed by atoms with Crippen LogP contribution in [0.4, 0.5) is 0 Å². The van der Waals surface area contributed by atoms with E-state index in [1.807, 2.05) is 18.4 Å². The zero-order valence-corrected chi connectivity index (χ0v) is 10.7. The number of hydrogen-bond acceptors (Lipinski definition) is 3. The van der Waals surface area contributed by atoms with Gasteiger partial charge in [-0.05, 0) is 19.9 Å². The Morgan fingerprint density at radius 3 is 2.44 bits per heavy atom. The fourth-order valence-corrected chi connectivity index (χ4v) is 2.42. The SMILES string of the molecule is CCS(=O)(=O)CCn1c(C)cc(C=O)c1C. The molecule has 0 aliphatic carbocycles. The Bertz CT molecular complexity index is 486. The van der Waals surface area contributed by atoms with Crippen molar-refractivity contribution in [2.75, 3.05) is 11.5 Å². The molecule has 0 saturated carbocycles. The van der Waals surface area contributed by atoms with Gasteiger partial charge in [0.15, 0.2) is 16.1 Å². The maximum atomic E-state index is 11.4. The van der Waals surface area contributed by atoms with Crippen LogP contribution in [0.25, 0.3) is 0 Å². The van der Waals surface area contributed by atoms with Crippen molar-refractivity contribution in [1.29, 1.82) is 0 Å². The summed E-state index contributed by atoms with van der Waals surface area (Å²) in [7, 11) is -2.96. The first kappa shape index (κ1) is 13.0. The Balaban J connectivity index is 2.90. The Labute approximate surface area is 96.2 Å². The molecule has 1 heterocycles. The predicted molar refractivity (Wildman–Crippen MR) is 63.6 cm³/mol. The Morgan fingerprint density at radius 2 is 2.00 bits per heavy atom. The summed E-state index contributed by atoms with van der Waals surface area (Å²) in [6.45, 7) is 5.76. The number of aldehydes is 1. The molecular weight excluding hydrogens is 226 g/mol. The molecular formula is C11H17NO3S. The number of aromatic nitrogens is 1. The fourth-order valence-electron chi connectivity index (χ4n) is 1.67. The smallest absolute Gasteiger partial charge is 0.151 e. The average molecular weight is 243 g/mol. The molecule has 5 heteroatoms. The molecule has 0 fully saturated rings. The summed E-state index contributed by atoms with van der Waals surface area (Å²) < 4.78 is 24.6. The van der Waals surface area contributed by atoms with Gasteiger partial charge in [0.05, 0.1) is 5.75 Å². The van der Waals surface area contributed by atoms with Gasteiger partial charge in [-0.15, -0.1) is 0 Å². The number of aryl methyl sites for hydroxylation is 1. The van der Waals surface area contributed by atoms with Crippen molar-refractivity contribution >= 4 is 16.1 Å². The van der Waals surface area contributed by atoms with Crippen LogP contribution in [0.2, 0.25) is 0 Å². The van der Waals surface area contributed by atoms with Gasteiger partial charge in [-0.1, -0.05) is 6.92 Å². The lowest BCUT2D eigenvalue weighted by atomic mass is 10.3. The second-order valence-electron chi connectivity index (χ2n) is 3.83. The van der Waals surface area contributed by atoms with Gasteiger partial charge in [-0.3, -0.25) is 4.79 Å². The van der Waals surface area contributed by atoms with Gasteiger partial charge < -0.3 is 4.57 Å². The van der Waals surface area contributed by atoms with Crippen LogP contribution in [0.15, 0.2) is 6.07 Å². The third kappa shape index (κ3) is 2.72. The van der Waals surface area contributed by atoms with Crippen molar-refractivity contribution in [3.8, 4) is 0 Å². The summed E-state index contributed by atoms with van der Waals surface area (Å²) in [5.41, 5.74) is 2.39. The molecule has 0 aliphatic rings. The molecule has 0 aromatic carbocycles. The van der Waals surface area contributed by atoms with Crippen LogP contribution in [0.1, 0.15) is 28.7 Å². The molecule has 0 saturated heterocycles. The number of nitrogens with zero attached hydrogens (tertiary/aromatic N) is 1. The first-order valence-electron chi connectivity index (χ1n) is 5.23. The van der Waals surface area contributed by atoms with Gasteiger partial charge in [0.1, 0.15) is 0 Å². The maximum Gasteiger partial charge on any atom is 0.151 e. The van der Waals surface area contributed by atoms with Crippen molar-refractivity contribution in [3.05, 3.63) is 23.0 Å². The van der Waals surface area contributed by atoms with Gasteiger partial charge >= 0.3 is 0 Å². The fraction of sp³-hybridized carbons (Fsp3) is 0.545. The van der Waals surface area contributed by atoms with Gasteiger partial charge in [-0.25, -0.2) is 8.42 Å². The van der Waals surface area contributed by atoms with E-state index in [0.29, 0.717) is 12.1 Å². The van der Waals surface area contributed by atoms with Crippen LogP contribution in [0.5, 0.6) is 0 Å². The topological polar surface area (TPSA) is 56.1 Å². The van der Waals surface area contributed by atoms with Crippen LogP contribution >= 0.6 is 0 Å². The summed E-state index contributed by atoms with van der Waals surface area (Å²) in [5, 5.41) is 0. The highest BCUT2D eigenvalue weighted by atomic mass is 32.2. The van der Waals surface area contributed by atoms with Crippen molar-refractivity contribution in [2.45, 2.75) is 27.3 Å². The largest absolute Gasteiger partial charge is 0.347 e. The van der Waals surface area contributed by atoms with E-state index in [2.05, 4.69) is 0 Å². The van der Waals surface area contributed by atoms with Crippen LogP contribution in [0.3, 0.4) is 0 Å². The molecule has 16 heavy (non-hydrogen) atoms. The minimum absolute atomic E-state index is 0.123. The van der Waals surface area contributed by atoms with E-state index >= 15 is 0 Å². The molecule has 90 valence electrons. The Morgan fingerprint density at radius 1 is 1.38 bits per heavy atom. The molecule has 1 aromatic rings. The average Bonchev–Trinajstić information content (AvgIpc) is 2.51. The number of carbonyl (C=O) groups excluding carboxylic acids is 1. The summed E-state index contributed by atoms with van der Waals surface area (Å²) in [6.07, 6.45) is 0.799.